The smallest absolute Gasteiger partial charge is 0.182 e. The molecule has 1 aliphatic rings. The molecular formula is C15H20F2N2S. The van der Waals surface area contributed by atoms with Crippen LogP contribution in [-0.2, 0) is 0 Å². The van der Waals surface area contributed by atoms with E-state index >= 15 is 0 Å². The third-order valence-corrected chi connectivity index (χ3v) is 4.19. The fraction of sp³-hybridized carbons (Fsp3) is 0.533. The molecule has 3 N–H and O–H groups in total. The van der Waals surface area contributed by atoms with Crippen molar-refractivity contribution in [1.82, 2.24) is 0 Å². The van der Waals surface area contributed by atoms with E-state index in [4.69, 9.17) is 5.73 Å². The molecule has 0 aromatic heterocycles. The Bertz CT molecular complexity index is 505. The maximum absolute atomic E-state index is 13.9. The maximum Gasteiger partial charge on any atom is 0.182 e. The lowest BCUT2D eigenvalue weighted by Gasteiger charge is -2.27. The number of anilines is 1. The molecule has 110 valence electrons. The zero-order valence-electron chi connectivity index (χ0n) is 11.6. The molecule has 2 rings (SSSR count). The van der Waals surface area contributed by atoms with Gasteiger partial charge in [-0.15, -0.1) is 0 Å². The van der Waals surface area contributed by atoms with E-state index in [1.165, 1.54) is 25.0 Å². The van der Waals surface area contributed by atoms with E-state index in [1.54, 1.807) is 0 Å². The Morgan fingerprint density at radius 1 is 1.35 bits per heavy atom. The summed E-state index contributed by atoms with van der Waals surface area (Å²) in [7, 11) is 0. The summed E-state index contributed by atoms with van der Waals surface area (Å²) < 4.78 is 27.7. The SMILES string of the molecule is CC1CCCC(CNc2ccc(C(N)=S)c(F)c2F)C1. The molecule has 0 spiro atoms. The molecule has 0 heterocycles. The van der Waals surface area contributed by atoms with Gasteiger partial charge in [0, 0.05) is 12.1 Å². The zero-order chi connectivity index (χ0) is 14.7. The molecule has 1 aromatic carbocycles. The van der Waals surface area contributed by atoms with E-state index in [2.05, 4.69) is 24.5 Å². The highest BCUT2D eigenvalue weighted by Crippen LogP contribution is 2.29. The van der Waals surface area contributed by atoms with Crippen molar-refractivity contribution >= 4 is 22.9 Å². The first-order chi connectivity index (χ1) is 9.49. The molecule has 0 aliphatic heterocycles. The molecule has 1 aromatic rings. The third kappa shape index (κ3) is 3.45. The minimum absolute atomic E-state index is 0.0469. The van der Waals surface area contributed by atoms with Gasteiger partial charge in [-0.1, -0.05) is 32.0 Å². The van der Waals surface area contributed by atoms with Gasteiger partial charge in [-0.2, -0.15) is 0 Å². The highest BCUT2D eigenvalue weighted by Gasteiger charge is 2.20. The molecule has 0 bridgehead atoms. The number of hydrogen-bond donors (Lipinski definition) is 2. The van der Waals surface area contributed by atoms with Gasteiger partial charge >= 0.3 is 0 Å². The van der Waals surface area contributed by atoms with Crippen LogP contribution >= 0.6 is 12.2 Å². The first kappa shape index (κ1) is 15.2. The summed E-state index contributed by atoms with van der Waals surface area (Å²) in [6.07, 6.45) is 4.77. The third-order valence-electron chi connectivity index (χ3n) is 3.97. The Balaban J connectivity index is 2.03. The minimum Gasteiger partial charge on any atom is -0.389 e. The summed E-state index contributed by atoms with van der Waals surface area (Å²) in [6.45, 7) is 2.91. The van der Waals surface area contributed by atoms with Gasteiger partial charge in [-0.05, 0) is 36.8 Å². The number of nitrogens with two attached hydrogens (primary N) is 1. The van der Waals surface area contributed by atoms with Crippen molar-refractivity contribution in [2.45, 2.75) is 32.6 Å². The van der Waals surface area contributed by atoms with Crippen LogP contribution in [-0.4, -0.2) is 11.5 Å². The number of halogens is 2. The van der Waals surface area contributed by atoms with Crippen LogP contribution in [0.25, 0.3) is 0 Å². The lowest BCUT2D eigenvalue weighted by molar-refractivity contribution is 0.293. The van der Waals surface area contributed by atoms with E-state index in [9.17, 15) is 8.78 Å². The van der Waals surface area contributed by atoms with E-state index in [1.807, 2.05) is 0 Å². The quantitative estimate of drug-likeness (QED) is 0.830. The van der Waals surface area contributed by atoms with E-state index in [0.717, 1.165) is 12.8 Å². The van der Waals surface area contributed by atoms with Crippen LogP contribution in [0.1, 0.15) is 38.2 Å². The average molecular weight is 298 g/mol. The van der Waals surface area contributed by atoms with E-state index in [0.29, 0.717) is 18.4 Å². The molecule has 2 unspecified atom stereocenters. The summed E-state index contributed by atoms with van der Waals surface area (Å²) in [5.74, 6) is -0.635. The van der Waals surface area contributed by atoms with Crippen LogP contribution in [0.3, 0.4) is 0 Å². The Kier molecular flexibility index (Phi) is 4.91. The van der Waals surface area contributed by atoms with Crippen molar-refractivity contribution in [2.24, 2.45) is 17.6 Å². The fourth-order valence-electron chi connectivity index (χ4n) is 2.88. The minimum atomic E-state index is -0.973. The molecule has 2 atom stereocenters. The Morgan fingerprint density at radius 3 is 2.75 bits per heavy atom. The molecule has 5 heteroatoms. The summed E-state index contributed by atoms with van der Waals surface area (Å²) in [5, 5.41) is 3.01. The predicted molar refractivity (Wildman–Crippen MR) is 81.9 cm³/mol. The molecule has 20 heavy (non-hydrogen) atoms. The van der Waals surface area contributed by atoms with Crippen LogP contribution in [0.15, 0.2) is 12.1 Å². The Hall–Kier alpha value is -1.23. The molecular weight excluding hydrogens is 278 g/mol. The topological polar surface area (TPSA) is 38.0 Å². The first-order valence-corrected chi connectivity index (χ1v) is 7.41. The lowest BCUT2D eigenvalue weighted by Crippen LogP contribution is -2.22. The molecule has 2 nitrogen and oxygen atoms in total. The van der Waals surface area contributed by atoms with Crippen molar-refractivity contribution in [2.75, 3.05) is 11.9 Å². The van der Waals surface area contributed by atoms with Crippen LogP contribution in [0.2, 0.25) is 0 Å². The van der Waals surface area contributed by atoms with E-state index in [-0.39, 0.29) is 16.2 Å². The summed E-state index contributed by atoms with van der Waals surface area (Å²) in [4.78, 5) is -0.131. The van der Waals surface area contributed by atoms with E-state index < -0.39 is 11.6 Å². The molecule has 0 saturated heterocycles. The number of hydrogen-bond acceptors (Lipinski definition) is 2. The largest absolute Gasteiger partial charge is 0.389 e. The average Bonchev–Trinajstić information content (AvgIpc) is 2.40. The highest BCUT2D eigenvalue weighted by molar-refractivity contribution is 7.80. The summed E-state index contributed by atoms with van der Waals surface area (Å²) in [5.41, 5.74) is 5.48. The number of benzene rings is 1. The second-order valence-electron chi connectivity index (χ2n) is 5.67. The number of thiocarbonyl (C=S) groups is 1. The van der Waals surface area contributed by atoms with Crippen molar-refractivity contribution in [1.29, 1.82) is 0 Å². The Labute approximate surface area is 123 Å². The van der Waals surface area contributed by atoms with Crippen molar-refractivity contribution in [3.05, 3.63) is 29.3 Å². The molecule has 1 aliphatic carbocycles. The van der Waals surface area contributed by atoms with Gasteiger partial charge in [-0.3, -0.25) is 0 Å². The maximum atomic E-state index is 13.9. The predicted octanol–water partition coefficient (Wildman–Crippen LogP) is 3.84. The fourth-order valence-corrected chi connectivity index (χ4v) is 3.03. The monoisotopic (exact) mass is 298 g/mol. The van der Waals surface area contributed by atoms with Crippen molar-refractivity contribution in [3.8, 4) is 0 Å². The van der Waals surface area contributed by atoms with Crippen LogP contribution < -0.4 is 11.1 Å². The van der Waals surface area contributed by atoms with Gasteiger partial charge in [0.25, 0.3) is 0 Å². The van der Waals surface area contributed by atoms with Gasteiger partial charge in [0.1, 0.15) is 4.99 Å². The Morgan fingerprint density at radius 2 is 2.10 bits per heavy atom. The normalized spacial score (nSPS) is 22.6. The summed E-state index contributed by atoms with van der Waals surface area (Å²) >= 11 is 4.68. The number of rotatable bonds is 4. The first-order valence-electron chi connectivity index (χ1n) is 7.00. The highest BCUT2D eigenvalue weighted by atomic mass is 32.1. The van der Waals surface area contributed by atoms with Gasteiger partial charge in [0.15, 0.2) is 11.6 Å². The van der Waals surface area contributed by atoms with Crippen LogP contribution in [0, 0.1) is 23.5 Å². The van der Waals surface area contributed by atoms with Gasteiger partial charge in [-0.25, -0.2) is 8.78 Å². The number of nitrogens with one attached hydrogen (secondary N) is 1. The van der Waals surface area contributed by atoms with Crippen molar-refractivity contribution in [3.63, 3.8) is 0 Å². The molecule has 1 saturated carbocycles. The summed E-state index contributed by atoms with van der Waals surface area (Å²) in [6, 6.07) is 2.92. The second kappa shape index (κ2) is 6.48. The molecule has 1 fully saturated rings. The van der Waals surface area contributed by atoms with Gasteiger partial charge in [0.05, 0.1) is 5.69 Å². The van der Waals surface area contributed by atoms with Crippen molar-refractivity contribution < 1.29 is 8.78 Å². The lowest BCUT2D eigenvalue weighted by atomic mass is 9.82. The van der Waals surface area contributed by atoms with Gasteiger partial charge < -0.3 is 11.1 Å². The molecule has 0 amide bonds. The second-order valence-corrected chi connectivity index (χ2v) is 6.11. The standard InChI is InChI=1S/C15H20F2N2S/c1-9-3-2-4-10(7-9)8-19-12-6-5-11(15(18)20)13(16)14(12)17/h5-6,9-10,19H,2-4,7-8H2,1H3,(H2,18,20). The van der Waals surface area contributed by atoms with Crippen LogP contribution in [0.5, 0.6) is 0 Å². The molecule has 0 radical (unpaired) electrons. The van der Waals surface area contributed by atoms with Gasteiger partial charge in [0.2, 0.25) is 0 Å². The van der Waals surface area contributed by atoms with Crippen LogP contribution in [0.4, 0.5) is 14.5 Å². The zero-order valence-corrected chi connectivity index (χ0v) is 12.4.